The Balaban J connectivity index is 2.01. The van der Waals surface area contributed by atoms with E-state index >= 15 is 0 Å². The van der Waals surface area contributed by atoms with Gasteiger partial charge in [0.25, 0.3) is 10.0 Å². The van der Waals surface area contributed by atoms with Crippen molar-refractivity contribution >= 4 is 43.5 Å². The van der Waals surface area contributed by atoms with Crippen LogP contribution in [0.3, 0.4) is 0 Å². The zero-order valence-electron chi connectivity index (χ0n) is 19.8. The normalized spacial score (nSPS) is 12.0. The van der Waals surface area contributed by atoms with E-state index in [1.54, 1.807) is 49.4 Å². The van der Waals surface area contributed by atoms with E-state index in [9.17, 15) is 18.0 Å². The molecule has 184 valence electrons. The Hall–Kier alpha value is -3.17. The molecule has 0 saturated carbocycles. The molecule has 9 heteroatoms. The molecule has 0 aliphatic carbocycles. The van der Waals surface area contributed by atoms with Gasteiger partial charge in [-0.05, 0) is 49.7 Å². The quantitative estimate of drug-likeness (QED) is 0.428. The van der Waals surface area contributed by atoms with Crippen LogP contribution < -0.4 is 9.62 Å². The standard InChI is InChI=1S/C26H28BrN3O4S/c1-19-12-14-21(15-13-19)17-29(20(2)26(32)28-3)25(31)18-30(23-9-7-8-22(27)16-23)35(33,34)24-10-5-4-6-11-24/h4-16,20H,17-18H2,1-3H3,(H,28,32)/t20-/m1/s1. The molecule has 0 saturated heterocycles. The second kappa shape index (κ2) is 11.5. The van der Waals surface area contributed by atoms with Crippen molar-refractivity contribution in [1.29, 1.82) is 0 Å². The van der Waals surface area contributed by atoms with Crippen LogP contribution in [0.25, 0.3) is 0 Å². The Labute approximate surface area is 214 Å². The van der Waals surface area contributed by atoms with Crippen molar-refractivity contribution in [1.82, 2.24) is 10.2 Å². The highest BCUT2D eigenvalue weighted by Crippen LogP contribution is 2.27. The SMILES string of the molecule is CNC(=O)[C@@H](C)N(Cc1ccc(C)cc1)C(=O)CN(c1cccc(Br)c1)S(=O)(=O)c1ccccc1. The number of anilines is 1. The van der Waals surface area contributed by atoms with Crippen molar-refractivity contribution in [2.24, 2.45) is 0 Å². The predicted molar refractivity (Wildman–Crippen MR) is 140 cm³/mol. The third-order valence-corrected chi connectivity index (χ3v) is 7.87. The fourth-order valence-corrected chi connectivity index (χ4v) is 5.38. The Bertz CT molecular complexity index is 1280. The lowest BCUT2D eigenvalue weighted by molar-refractivity contribution is -0.139. The van der Waals surface area contributed by atoms with Crippen LogP contribution in [0.1, 0.15) is 18.1 Å². The van der Waals surface area contributed by atoms with E-state index in [-0.39, 0.29) is 17.3 Å². The van der Waals surface area contributed by atoms with E-state index in [0.717, 1.165) is 15.4 Å². The number of nitrogens with zero attached hydrogens (tertiary/aromatic N) is 2. The number of carbonyl (C=O) groups is 2. The van der Waals surface area contributed by atoms with Gasteiger partial charge >= 0.3 is 0 Å². The minimum Gasteiger partial charge on any atom is -0.357 e. The number of amides is 2. The third kappa shape index (κ3) is 6.49. The van der Waals surface area contributed by atoms with Gasteiger partial charge in [0.05, 0.1) is 10.6 Å². The first kappa shape index (κ1) is 26.4. The van der Waals surface area contributed by atoms with E-state index in [2.05, 4.69) is 21.2 Å². The molecule has 0 aliphatic rings. The van der Waals surface area contributed by atoms with E-state index in [0.29, 0.717) is 10.2 Å². The lowest BCUT2D eigenvalue weighted by Crippen LogP contribution is -2.50. The van der Waals surface area contributed by atoms with Gasteiger partial charge in [-0.25, -0.2) is 8.42 Å². The van der Waals surface area contributed by atoms with Gasteiger partial charge in [0.15, 0.2) is 0 Å². The van der Waals surface area contributed by atoms with Gasteiger partial charge in [-0.1, -0.05) is 70.0 Å². The predicted octanol–water partition coefficient (Wildman–Crippen LogP) is 4.12. The molecule has 0 radical (unpaired) electrons. The number of halogens is 1. The minimum absolute atomic E-state index is 0.0669. The molecule has 0 fully saturated rings. The smallest absolute Gasteiger partial charge is 0.264 e. The second-order valence-corrected chi connectivity index (χ2v) is 10.9. The molecule has 1 N–H and O–H groups in total. The summed E-state index contributed by atoms with van der Waals surface area (Å²) in [5.41, 5.74) is 2.24. The van der Waals surface area contributed by atoms with Gasteiger partial charge in [-0.3, -0.25) is 13.9 Å². The van der Waals surface area contributed by atoms with Crippen LogP contribution >= 0.6 is 15.9 Å². The summed E-state index contributed by atoms with van der Waals surface area (Å²) in [7, 11) is -2.56. The second-order valence-electron chi connectivity index (χ2n) is 8.10. The van der Waals surface area contributed by atoms with Gasteiger partial charge < -0.3 is 10.2 Å². The maximum atomic E-state index is 13.7. The molecule has 3 rings (SSSR count). The molecule has 0 aliphatic heterocycles. The molecular weight excluding hydrogens is 530 g/mol. The van der Waals surface area contributed by atoms with Crippen LogP contribution in [-0.2, 0) is 26.2 Å². The average molecular weight is 558 g/mol. The van der Waals surface area contributed by atoms with Crippen LogP contribution in [0.5, 0.6) is 0 Å². The maximum absolute atomic E-state index is 13.7. The highest BCUT2D eigenvalue weighted by molar-refractivity contribution is 9.10. The summed E-state index contributed by atoms with van der Waals surface area (Å²) in [4.78, 5) is 27.6. The van der Waals surface area contributed by atoms with Gasteiger partial charge in [0.2, 0.25) is 11.8 Å². The van der Waals surface area contributed by atoms with E-state index in [4.69, 9.17) is 0 Å². The van der Waals surface area contributed by atoms with Crippen molar-refractivity contribution < 1.29 is 18.0 Å². The number of sulfonamides is 1. The maximum Gasteiger partial charge on any atom is 0.264 e. The molecular formula is C26H28BrN3O4S. The van der Waals surface area contributed by atoms with Crippen molar-refractivity contribution in [3.8, 4) is 0 Å². The van der Waals surface area contributed by atoms with Crippen molar-refractivity contribution in [3.05, 3.63) is 94.5 Å². The topological polar surface area (TPSA) is 86.8 Å². The number of likely N-dealkylation sites (N-methyl/N-ethyl adjacent to an activating group) is 1. The molecule has 7 nitrogen and oxygen atoms in total. The van der Waals surface area contributed by atoms with Gasteiger partial charge in [0.1, 0.15) is 12.6 Å². The lowest BCUT2D eigenvalue weighted by Gasteiger charge is -2.31. The molecule has 3 aromatic rings. The molecule has 0 heterocycles. The molecule has 35 heavy (non-hydrogen) atoms. The van der Waals surface area contributed by atoms with Crippen LogP contribution in [0.15, 0.2) is 88.2 Å². The minimum atomic E-state index is -4.07. The number of rotatable bonds is 9. The summed E-state index contributed by atoms with van der Waals surface area (Å²) in [5, 5.41) is 2.57. The zero-order valence-corrected chi connectivity index (χ0v) is 22.2. The number of carbonyl (C=O) groups excluding carboxylic acids is 2. The molecule has 1 atom stereocenters. The van der Waals surface area contributed by atoms with E-state index in [1.807, 2.05) is 31.2 Å². The fraction of sp³-hybridized carbons (Fsp3) is 0.231. The number of nitrogens with one attached hydrogen (secondary N) is 1. The van der Waals surface area contributed by atoms with Crippen molar-refractivity contribution in [2.75, 3.05) is 17.9 Å². The number of hydrogen-bond acceptors (Lipinski definition) is 4. The number of hydrogen-bond donors (Lipinski definition) is 1. The molecule has 3 aromatic carbocycles. The average Bonchev–Trinajstić information content (AvgIpc) is 2.86. The summed E-state index contributed by atoms with van der Waals surface area (Å²) in [5.74, 6) is -0.841. The number of aryl methyl sites for hydroxylation is 1. The largest absolute Gasteiger partial charge is 0.357 e. The monoisotopic (exact) mass is 557 g/mol. The third-order valence-electron chi connectivity index (χ3n) is 5.59. The van der Waals surface area contributed by atoms with E-state index in [1.165, 1.54) is 24.1 Å². The first-order valence-electron chi connectivity index (χ1n) is 11.0. The summed E-state index contributed by atoms with van der Waals surface area (Å²) < 4.78 is 29.0. The highest BCUT2D eigenvalue weighted by atomic mass is 79.9. The Morgan fingerprint density at radius 2 is 1.63 bits per heavy atom. The van der Waals surface area contributed by atoms with Gasteiger partial charge in [-0.2, -0.15) is 0 Å². The van der Waals surface area contributed by atoms with Gasteiger partial charge in [-0.15, -0.1) is 0 Å². The number of benzene rings is 3. The fourth-order valence-electron chi connectivity index (χ4n) is 3.56. The first-order valence-corrected chi connectivity index (χ1v) is 13.3. The van der Waals surface area contributed by atoms with E-state index < -0.39 is 28.5 Å². The Kier molecular flexibility index (Phi) is 8.69. The summed E-state index contributed by atoms with van der Waals surface area (Å²) in [6.07, 6.45) is 0. The van der Waals surface area contributed by atoms with Crippen LogP contribution in [0, 0.1) is 6.92 Å². The molecule has 2 amide bonds. The summed E-state index contributed by atoms with van der Waals surface area (Å²) >= 11 is 3.38. The van der Waals surface area contributed by atoms with Crippen LogP contribution in [-0.4, -0.2) is 44.8 Å². The van der Waals surface area contributed by atoms with Crippen molar-refractivity contribution in [2.45, 2.75) is 31.3 Å². The van der Waals surface area contributed by atoms with Crippen LogP contribution in [0.2, 0.25) is 0 Å². The summed E-state index contributed by atoms with van der Waals surface area (Å²) in [6, 6.07) is 21.5. The van der Waals surface area contributed by atoms with Crippen LogP contribution in [0.4, 0.5) is 5.69 Å². The van der Waals surface area contributed by atoms with Gasteiger partial charge in [0, 0.05) is 18.1 Å². The Morgan fingerprint density at radius 3 is 2.23 bits per heavy atom. The molecule has 0 unspecified atom stereocenters. The first-order chi connectivity index (χ1) is 16.6. The molecule has 0 spiro atoms. The summed E-state index contributed by atoms with van der Waals surface area (Å²) in [6.45, 7) is 3.27. The molecule has 0 aromatic heterocycles. The van der Waals surface area contributed by atoms with Crippen molar-refractivity contribution in [3.63, 3.8) is 0 Å². The zero-order chi connectivity index (χ0) is 25.6. The molecule has 0 bridgehead atoms. The lowest BCUT2D eigenvalue weighted by atomic mass is 10.1. The Morgan fingerprint density at radius 1 is 0.971 bits per heavy atom. The highest BCUT2D eigenvalue weighted by Gasteiger charge is 2.32.